The molecule has 2 rings (SSSR count). The van der Waals surface area contributed by atoms with Gasteiger partial charge in [0, 0.05) is 19.5 Å². The molecule has 0 amide bonds. The zero-order chi connectivity index (χ0) is 11.5. The molecule has 0 aromatic heterocycles. The smallest absolute Gasteiger partial charge is 0.191 e. The SMILES string of the molecule is COc1ccc(C2CN=C(N)N(C)C2)cc1. The van der Waals surface area contributed by atoms with Crippen LogP contribution in [0.2, 0.25) is 0 Å². The van der Waals surface area contributed by atoms with Crippen LogP contribution < -0.4 is 10.5 Å². The van der Waals surface area contributed by atoms with Crippen LogP contribution in [0.15, 0.2) is 29.3 Å². The van der Waals surface area contributed by atoms with Crippen molar-refractivity contribution < 1.29 is 4.74 Å². The standard InChI is InChI=1S/C12H17N3O/c1-15-8-10(7-14-12(15)13)9-3-5-11(16-2)6-4-9/h3-6,10H,7-8H2,1-2H3,(H2,13,14). The van der Waals surface area contributed by atoms with Gasteiger partial charge >= 0.3 is 0 Å². The highest BCUT2D eigenvalue weighted by Gasteiger charge is 2.19. The van der Waals surface area contributed by atoms with Crippen LogP contribution in [0.1, 0.15) is 11.5 Å². The van der Waals surface area contributed by atoms with Crippen molar-refractivity contribution in [2.24, 2.45) is 10.7 Å². The number of hydrogen-bond donors (Lipinski definition) is 1. The molecule has 1 heterocycles. The van der Waals surface area contributed by atoms with Gasteiger partial charge in [-0.15, -0.1) is 0 Å². The highest BCUT2D eigenvalue weighted by atomic mass is 16.5. The molecule has 1 aliphatic heterocycles. The van der Waals surface area contributed by atoms with Gasteiger partial charge in [-0.1, -0.05) is 12.1 Å². The Morgan fingerprint density at radius 3 is 2.62 bits per heavy atom. The lowest BCUT2D eigenvalue weighted by Gasteiger charge is -2.28. The molecule has 0 fully saturated rings. The lowest BCUT2D eigenvalue weighted by Crippen LogP contribution is -2.41. The lowest BCUT2D eigenvalue weighted by molar-refractivity contribution is 0.411. The molecule has 0 radical (unpaired) electrons. The summed E-state index contributed by atoms with van der Waals surface area (Å²) in [6.45, 7) is 1.68. The monoisotopic (exact) mass is 219 g/mol. The number of aliphatic imine (C=N–C) groups is 1. The molecular formula is C12H17N3O. The Morgan fingerprint density at radius 2 is 2.06 bits per heavy atom. The number of benzene rings is 1. The van der Waals surface area contributed by atoms with Crippen LogP contribution in [-0.4, -0.2) is 38.1 Å². The first-order valence-electron chi connectivity index (χ1n) is 5.35. The zero-order valence-electron chi connectivity index (χ0n) is 9.68. The van der Waals surface area contributed by atoms with Gasteiger partial charge in [0.25, 0.3) is 0 Å². The summed E-state index contributed by atoms with van der Waals surface area (Å²) in [4.78, 5) is 6.28. The van der Waals surface area contributed by atoms with Gasteiger partial charge in [0.05, 0.1) is 13.7 Å². The van der Waals surface area contributed by atoms with Gasteiger partial charge in [-0.25, -0.2) is 0 Å². The van der Waals surface area contributed by atoms with Crippen LogP contribution in [0.5, 0.6) is 5.75 Å². The summed E-state index contributed by atoms with van der Waals surface area (Å²) < 4.78 is 5.14. The van der Waals surface area contributed by atoms with Crippen LogP contribution in [0.25, 0.3) is 0 Å². The lowest BCUT2D eigenvalue weighted by atomic mass is 9.98. The fourth-order valence-corrected chi connectivity index (χ4v) is 1.89. The molecule has 1 aromatic carbocycles. The summed E-state index contributed by atoms with van der Waals surface area (Å²) in [6.07, 6.45) is 0. The van der Waals surface area contributed by atoms with E-state index in [1.165, 1.54) is 5.56 Å². The molecule has 1 aromatic rings. The first kappa shape index (κ1) is 10.8. The van der Waals surface area contributed by atoms with E-state index in [-0.39, 0.29) is 0 Å². The predicted octanol–water partition coefficient (Wildman–Crippen LogP) is 1.04. The minimum absolute atomic E-state index is 0.420. The predicted molar refractivity (Wildman–Crippen MR) is 64.9 cm³/mol. The van der Waals surface area contributed by atoms with Crippen LogP contribution >= 0.6 is 0 Å². The number of ether oxygens (including phenoxy) is 1. The van der Waals surface area contributed by atoms with E-state index in [2.05, 4.69) is 17.1 Å². The summed E-state index contributed by atoms with van der Waals surface area (Å²) in [6, 6.07) is 8.15. The average molecular weight is 219 g/mol. The maximum absolute atomic E-state index is 5.72. The van der Waals surface area contributed by atoms with E-state index >= 15 is 0 Å². The highest BCUT2D eigenvalue weighted by molar-refractivity contribution is 5.78. The Bertz CT molecular complexity index is 386. The molecule has 0 saturated carbocycles. The Labute approximate surface area is 95.7 Å². The van der Waals surface area contributed by atoms with Gasteiger partial charge in [-0.2, -0.15) is 0 Å². The third kappa shape index (κ3) is 2.10. The van der Waals surface area contributed by atoms with Crippen molar-refractivity contribution in [2.45, 2.75) is 5.92 Å². The van der Waals surface area contributed by atoms with Crippen LogP contribution in [-0.2, 0) is 0 Å². The van der Waals surface area contributed by atoms with E-state index in [1.54, 1.807) is 7.11 Å². The van der Waals surface area contributed by atoms with Crippen molar-refractivity contribution in [3.05, 3.63) is 29.8 Å². The maximum Gasteiger partial charge on any atom is 0.191 e. The molecule has 0 saturated heterocycles. The van der Waals surface area contributed by atoms with Crippen LogP contribution in [0.4, 0.5) is 0 Å². The van der Waals surface area contributed by atoms with E-state index in [0.29, 0.717) is 11.9 Å². The third-order valence-corrected chi connectivity index (χ3v) is 2.95. The first-order chi connectivity index (χ1) is 7.70. The van der Waals surface area contributed by atoms with Gasteiger partial charge in [0.1, 0.15) is 5.75 Å². The zero-order valence-corrected chi connectivity index (χ0v) is 9.68. The summed E-state index contributed by atoms with van der Waals surface area (Å²) in [7, 11) is 3.64. The maximum atomic E-state index is 5.72. The summed E-state index contributed by atoms with van der Waals surface area (Å²) in [5.41, 5.74) is 7.00. The number of rotatable bonds is 2. The molecule has 86 valence electrons. The second-order valence-corrected chi connectivity index (χ2v) is 4.05. The molecule has 16 heavy (non-hydrogen) atoms. The summed E-state index contributed by atoms with van der Waals surface area (Å²) in [5, 5.41) is 0. The highest BCUT2D eigenvalue weighted by Crippen LogP contribution is 2.22. The number of guanidine groups is 1. The quantitative estimate of drug-likeness (QED) is 0.808. The number of likely N-dealkylation sites (N-methyl/N-ethyl adjacent to an activating group) is 1. The molecular weight excluding hydrogens is 202 g/mol. The van der Waals surface area contributed by atoms with Crippen molar-refractivity contribution in [3.8, 4) is 5.75 Å². The fraction of sp³-hybridized carbons (Fsp3) is 0.417. The van der Waals surface area contributed by atoms with Crippen molar-refractivity contribution in [1.29, 1.82) is 0 Å². The Balaban J connectivity index is 2.13. The number of nitrogens with two attached hydrogens (primary N) is 1. The minimum atomic E-state index is 0.420. The van der Waals surface area contributed by atoms with Crippen molar-refractivity contribution >= 4 is 5.96 Å². The fourth-order valence-electron chi connectivity index (χ4n) is 1.89. The third-order valence-electron chi connectivity index (χ3n) is 2.95. The van der Waals surface area contributed by atoms with E-state index in [0.717, 1.165) is 18.8 Å². The molecule has 1 unspecified atom stereocenters. The van der Waals surface area contributed by atoms with Crippen molar-refractivity contribution in [3.63, 3.8) is 0 Å². The Morgan fingerprint density at radius 1 is 1.38 bits per heavy atom. The van der Waals surface area contributed by atoms with Gasteiger partial charge in [-0.3, -0.25) is 4.99 Å². The molecule has 1 atom stereocenters. The summed E-state index contributed by atoms with van der Waals surface area (Å²) in [5.74, 6) is 1.93. The van der Waals surface area contributed by atoms with Crippen molar-refractivity contribution in [1.82, 2.24) is 4.90 Å². The number of methoxy groups -OCH3 is 1. The van der Waals surface area contributed by atoms with Crippen LogP contribution in [0, 0.1) is 0 Å². The molecule has 1 aliphatic rings. The van der Waals surface area contributed by atoms with Gasteiger partial charge in [0.2, 0.25) is 0 Å². The summed E-state index contributed by atoms with van der Waals surface area (Å²) >= 11 is 0. The first-order valence-corrected chi connectivity index (χ1v) is 5.35. The molecule has 0 bridgehead atoms. The second kappa shape index (κ2) is 4.43. The van der Waals surface area contributed by atoms with E-state index in [4.69, 9.17) is 10.5 Å². The Hall–Kier alpha value is -1.71. The van der Waals surface area contributed by atoms with E-state index in [1.807, 2.05) is 24.1 Å². The van der Waals surface area contributed by atoms with E-state index < -0.39 is 0 Å². The average Bonchev–Trinajstić information content (AvgIpc) is 2.33. The molecule has 0 spiro atoms. The Kier molecular flexibility index (Phi) is 2.99. The molecule has 0 aliphatic carbocycles. The van der Waals surface area contributed by atoms with E-state index in [9.17, 15) is 0 Å². The van der Waals surface area contributed by atoms with Gasteiger partial charge in [0.15, 0.2) is 5.96 Å². The molecule has 4 nitrogen and oxygen atoms in total. The largest absolute Gasteiger partial charge is 0.497 e. The second-order valence-electron chi connectivity index (χ2n) is 4.05. The number of nitrogens with zero attached hydrogens (tertiary/aromatic N) is 2. The van der Waals surface area contributed by atoms with Gasteiger partial charge in [-0.05, 0) is 17.7 Å². The number of hydrogen-bond acceptors (Lipinski definition) is 4. The van der Waals surface area contributed by atoms with Gasteiger partial charge < -0.3 is 15.4 Å². The van der Waals surface area contributed by atoms with Crippen molar-refractivity contribution in [2.75, 3.05) is 27.2 Å². The topological polar surface area (TPSA) is 50.9 Å². The minimum Gasteiger partial charge on any atom is -0.497 e. The molecule has 2 N–H and O–H groups in total. The van der Waals surface area contributed by atoms with Crippen LogP contribution in [0.3, 0.4) is 0 Å². The normalized spacial score (nSPS) is 20.5. The molecule has 4 heteroatoms.